The predicted octanol–water partition coefficient (Wildman–Crippen LogP) is 4.83. The summed E-state index contributed by atoms with van der Waals surface area (Å²) >= 11 is 0. The molecule has 9 nitrogen and oxygen atoms in total. The van der Waals surface area contributed by atoms with Crippen LogP contribution in [-0.4, -0.2) is 50.3 Å². The van der Waals surface area contributed by atoms with Gasteiger partial charge in [-0.1, -0.05) is 6.07 Å². The van der Waals surface area contributed by atoms with Gasteiger partial charge in [0.25, 0.3) is 5.91 Å². The minimum Gasteiger partial charge on any atom is -0.493 e. The average molecular weight is 506 g/mol. The molecule has 2 N–H and O–H groups in total. The van der Waals surface area contributed by atoms with Crippen molar-refractivity contribution in [3.05, 3.63) is 53.7 Å². The van der Waals surface area contributed by atoms with Crippen LogP contribution in [0.1, 0.15) is 34.6 Å². The van der Waals surface area contributed by atoms with E-state index in [4.69, 9.17) is 18.9 Å². The number of ether oxygens (including phenoxy) is 4. The SMILES string of the molecule is COc1ccc(NC(=O)c2cc3n(n2)C(C(F)(F)F)CC(c2ccc(OC)c(OC)c2)N3)cc1OC. The molecule has 12 heteroatoms. The fourth-order valence-corrected chi connectivity index (χ4v) is 4.08. The van der Waals surface area contributed by atoms with E-state index in [1.807, 2.05) is 0 Å². The van der Waals surface area contributed by atoms with Crippen molar-refractivity contribution in [1.29, 1.82) is 0 Å². The maximum Gasteiger partial charge on any atom is 0.410 e. The lowest BCUT2D eigenvalue weighted by molar-refractivity contribution is -0.173. The van der Waals surface area contributed by atoms with Gasteiger partial charge in [-0.25, -0.2) is 4.68 Å². The lowest BCUT2D eigenvalue weighted by Gasteiger charge is -2.33. The van der Waals surface area contributed by atoms with Gasteiger partial charge in [0, 0.05) is 24.2 Å². The van der Waals surface area contributed by atoms with E-state index < -0.39 is 24.2 Å². The van der Waals surface area contributed by atoms with Crippen molar-refractivity contribution in [2.45, 2.75) is 24.7 Å². The number of halogens is 3. The third kappa shape index (κ3) is 4.83. The normalized spacial score (nSPS) is 17.0. The Morgan fingerprint density at radius 2 is 1.56 bits per heavy atom. The molecule has 0 spiro atoms. The fourth-order valence-electron chi connectivity index (χ4n) is 4.08. The molecule has 2 aromatic carbocycles. The van der Waals surface area contributed by atoms with Gasteiger partial charge in [0.1, 0.15) is 5.82 Å². The first-order valence-electron chi connectivity index (χ1n) is 10.9. The first-order valence-corrected chi connectivity index (χ1v) is 10.9. The van der Waals surface area contributed by atoms with Gasteiger partial charge in [0.15, 0.2) is 34.7 Å². The zero-order valence-corrected chi connectivity index (χ0v) is 20.0. The molecule has 2 atom stereocenters. The number of aromatic nitrogens is 2. The van der Waals surface area contributed by atoms with Crippen LogP contribution in [0.25, 0.3) is 0 Å². The van der Waals surface area contributed by atoms with E-state index in [1.165, 1.54) is 40.6 Å². The summed E-state index contributed by atoms with van der Waals surface area (Å²) in [7, 11) is 5.85. The van der Waals surface area contributed by atoms with Crippen LogP contribution >= 0.6 is 0 Å². The maximum atomic E-state index is 14.0. The van der Waals surface area contributed by atoms with Crippen LogP contribution in [0, 0.1) is 0 Å². The highest BCUT2D eigenvalue weighted by Gasteiger charge is 2.47. The van der Waals surface area contributed by atoms with Gasteiger partial charge in [0.2, 0.25) is 0 Å². The topological polar surface area (TPSA) is 95.9 Å². The predicted molar refractivity (Wildman–Crippen MR) is 125 cm³/mol. The van der Waals surface area contributed by atoms with Gasteiger partial charge in [-0.05, 0) is 29.8 Å². The van der Waals surface area contributed by atoms with Gasteiger partial charge in [0.05, 0.1) is 34.5 Å². The number of amides is 1. The number of benzene rings is 2. The quantitative estimate of drug-likeness (QED) is 0.474. The highest BCUT2D eigenvalue weighted by Crippen LogP contribution is 2.44. The molecule has 0 saturated heterocycles. The van der Waals surface area contributed by atoms with Crippen LogP contribution in [0.15, 0.2) is 42.5 Å². The van der Waals surface area contributed by atoms with Crippen molar-refractivity contribution in [3.63, 3.8) is 0 Å². The molecule has 1 amide bonds. The molecule has 2 unspecified atom stereocenters. The lowest BCUT2D eigenvalue weighted by Crippen LogP contribution is -2.35. The smallest absolute Gasteiger partial charge is 0.410 e. The van der Waals surface area contributed by atoms with E-state index >= 15 is 0 Å². The van der Waals surface area contributed by atoms with Crippen molar-refractivity contribution < 1.29 is 36.9 Å². The standard InChI is InChI=1S/C24H25F3N4O5/c1-33-17-7-5-13(9-19(17)35-3)15-11-21(24(25,26)27)31-22(29-15)12-16(30-31)23(32)28-14-6-8-18(34-2)20(10-14)36-4/h5-10,12,15,21,29H,11H2,1-4H3,(H,28,32). The molecule has 192 valence electrons. The molecule has 36 heavy (non-hydrogen) atoms. The summed E-state index contributed by atoms with van der Waals surface area (Å²) in [5.74, 6) is 1.11. The van der Waals surface area contributed by atoms with Crippen LogP contribution in [0.4, 0.5) is 24.7 Å². The monoisotopic (exact) mass is 506 g/mol. The second-order valence-corrected chi connectivity index (χ2v) is 7.99. The Balaban J connectivity index is 1.63. The Labute approximate surface area is 205 Å². The molecule has 1 aliphatic heterocycles. The molecule has 2 heterocycles. The molecule has 3 aromatic rings. The number of hydrogen-bond acceptors (Lipinski definition) is 7. The summed E-state index contributed by atoms with van der Waals surface area (Å²) in [4.78, 5) is 12.8. The number of anilines is 2. The van der Waals surface area contributed by atoms with Gasteiger partial charge < -0.3 is 29.6 Å². The highest BCUT2D eigenvalue weighted by molar-refractivity contribution is 6.03. The lowest BCUT2D eigenvalue weighted by atomic mass is 9.96. The minimum atomic E-state index is -4.59. The van der Waals surface area contributed by atoms with E-state index in [2.05, 4.69) is 15.7 Å². The third-order valence-electron chi connectivity index (χ3n) is 5.87. The maximum absolute atomic E-state index is 14.0. The van der Waals surface area contributed by atoms with E-state index in [1.54, 1.807) is 30.3 Å². The first kappa shape index (κ1) is 25.0. The summed E-state index contributed by atoms with van der Waals surface area (Å²) in [6.45, 7) is 0. The van der Waals surface area contributed by atoms with Crippen molar-refractivity contribution in [1.82, 2.24) is 9.78 Å². The number of nitrogens with one attached hydrogen (secondary N) is 2. The van der Waals surface area contributed by atoms with Gasteiger partial charge in [-0.15, -0.1) is 0 Å². The Morgan fingerprint density at radius 1 is 0.944 bits per heavy atom. The van der Waals surface area contributed by atoms with Crippen LogP contribution in [-0.2, 0) is 0 Å². The Bertz CT molecular complexity index is 1260. The minimum absolute atomic E-state index is 0.0702. The molecule has 0 aliphatic carbocycles. The summed E-state index contributed by atoms with van der Waals surface area (Å²) in [5.41, 5.74) is 0.771. The molecule has 1 aliphatic rings. The number of carbonyl (C=O) groups excluding carboxylic acids is 1. The Morgan fingerprint density at radius 3 is 2.17 bits per heavy atom. The number of alkyl halides is 3. The summed E-state index contributed by atoms with van der Waals surface area (Å²) < 4.78 is 63.8. The molecule has 0 radical (unpaired) electrons. The van der Waals surface area contributed by atoms with Crippen LogP contribution in [0.2, 0.25) is 0 Å². The van der Waals surface area contributed by atoms with Gasteiger partial charge in [-0.3, -0.25) is 4.79 Å². The van der Waals surface area contributed by atoms with Crippen LogP contribution in [0.3, 0.4) is 0 Å². The van der Waals surface area contributed by atoms with Crippen molar-refractivity contribution in [2.75, 3.05) is 39.1 Å². The fraction of sp³-hybridized carbons (Fsp3) is 0.333. The summed E-state index contributed by atoms with van der Waals surface area (Å²) in [6, 6.07) is 8.30. The van der Waals surface area contributed by atoms with E-state index in [-0.39, 0.29) is 17.9 Å². The zero-order chi connectivity index (χ0) is 26.0. The van der Waals surface area contributed by atoms with Gasteiger partial charge >= 0.3 is 6.18 Å². The first-order chi connectivity index (χ1) is 17.2. The summed E-state index contributed by atoms with van der Waals surface area (Å²) in [5, 5.41) is 9.67. The van der Waals surface area contributed by atoms with Crippen LogP contribution < -0.4 is 29.6 Å². The molecule has 1 aromatic heterocycles. The largest absolute Gasteiger partial charge is 0.493 e. The van der Waals surface area contributed by atoms with E-state index in [0.29, 0.717) is 34.2 Å². The number of hydrogen-bond donors (Lipinski definition) is 2. The number of rotatable bonds is 7. The van der Waals surface area contributed by atoms with Crippen molar-refractivity contribution in [2.24, 2.45) is 0 Å². The third-order valence-corrected chi connectivity index (χ3v) is 5.87. The second kappa shape index (κ2) is 9.88. The highest BCUT2D eigenvalue weighted by atomic mass is 19.4. The number of methoxy groups -OCH3 is 4. The number of carbonyl (C=O) groups is 1. The average Bonchev–Trinajstić information content (AvgIpc) is 3.31. The Kier molecular flexibility index (Phi) is 6.86. The van der Waals surface area contributed by atoms with E-state index in [0.717, 1.165) is 4.68 Å². The zero-order valence-electron chi connectivity index (χ0n) is 20.0. The molecule has 0 bridgehead atoms. The molecular weight excluding hydrogens is 481 g/mol. The van der Waals surface area contributed by atoms with Crippen molar-refractivity contribution in [3.8, 4) is 23.0 Å². The van der Waals surface area contributed by atoms with Crippen LogP contribution in [0.5, 0.6) is 23.0 Å². The molecular formula is C24H25F3N4O5. The molecule has 4 rings (SSSR count). The second-order valence-electron chi connectivity index (χ2n) is 7.99. The van der Waals surface area contributed by atoms with E-state index in [9.17, 15) is 18.0 Å². The van der Waals surface area contributed by atoms with Crippen molar-refractivity contribution >= 4 is 17.4 Å². The number of fused-ring (bicyclic) bond motifs is 1. The number of nitrogens with zero attached hydrogens (tertiary/aromatic N) is 2. The molecule has 0 saturated carbocycles. The summed E-state index contributed by atoms with van der Waals surface area (Å²) in [6.07, 6.45) is -4.92. The van der Waals surface area contributed by atoms with Gasteiger partial charge in [-0.2, -0.15) is 18.3 Å². The molecule has 0 fully saturated rings. The Hall–Kier alpha value is -4.09.